The van der Waals surface area contributed by atoms with E-state index in [0.717, 1.165) is 25.7 Å². The van der Waals surface area contributed by atoms with Crippen LogP contribution in [0.25, 0.3) is 0 Å². The molecular formula is C16H21Br. The second-order valence-electron chi connectivity index (χ2n) is 4.26. The normalized spacial score (nSPS) is 9.76. The Labute approximate surface area is 114 Å². The summed E-state index contributed by atoms with van der Waals surface area (Å²) in [6.45, 7) is 2.23. The molecule has 1 rings (SSSR count). The summed E-state index contributed by atoms with van der Waals surface area (Å²) in [5.41, 5.74) is 1.39. The van der Waals surface area contributed by atoms with E-state index in [-0.39, 0.29) is 0 Å². The van der Waals surface area contributed by atoms with Gasteiger partial charge >= 0.3 is 0 Å². The van der Waals surface area contributed by atoms with Crippen LogP contribution >= 0.6 is 15.9 Å². The van der Waals surface area contributed by atoms with Crippen molar-refractivity contribution < 1.29 is 0 Å². The third-order valence-corrected chi connectivity index (χ3v) is 3.51. The van der Waals surface area contributed by atoms with E-state index in [0.29, 0.717) is 0 Å². The summed E-state index contributed by atoms with van der Waals surface area (Å²) in [6, 6.07) is 8.43. The Morgan fingerprint density at radius 3 is 2.41 bits per heavy atom. The average Bonchev–Trinajstić information content (AvgIpc) is 2.35. The van der Waals surface area contributed by atoms with Crippen molar-refractivity contribution in [2.75, 3.05) is 0 Å². The minimum absolute atomic E-state index is 1.02. The number of hydrogen-bond donors (Lipinski definition) is 0. The van der Waals surface area contributed by atoms with Gasteiger partial charge in [0.05, 0.1) is 0 Å². The molecule has 1 aromatic rings. The van der Waals surface area contributed by atoms with Crippen molar-refractivity contribution in [3.05, 3.63) is 34.3 Å². The van der Waals surface area contributed by atoms with Gasteiger partial charge in [0.1, 0.15) is 0 Å². The average molecular weight is 293 g/mol. The number of aryl methyl sites for hydroxylation is 1. The fraction of sp³-hybridized carbons (Fsp3) is 0.500. The van der Waals surface area contributed by atoms with E-state index >= 15 is 0 Å². The Hall–Kier alpha value is -0.740. The highest BCUT2D eigenvalue weighted by atomic mass is 79.9. The van der Waals surface area contributed by atoms with Gasteiger partial charge in [-0.2, -0.15) is 0 Å². The van der Waals surface area contributed by atoms with Crippen LogP contribution < -0.4 is 0 Å². The van der Waals surface area contributed by atoms with Crippen LogP contribution in [0.15, 0.2) is 28.7 Å². The molecule has 0 aliphatic rings. The maximum absolute atomic E-state index is 3.57. The van der Waals surface area contributed by atoms with Gasteiger partial charge in [0.15, 0.2) is 0 Å². The summed E-state index contributed by atoms with van der Waals surface area (Å²) in [5, 5.41) is 0. The number of unbranched alkanes of at least 4 members (excludes halogenated alkanes) is 4. The molecule has 0 aliphatic carbocycles. The van der Waals surface area contributed by atoms with Crippen LogP contribution in [0.5, 0.6) is 0 Å². The molecule has 0 aromatic heterocycles. The van der Waals surface area contributed by atoms with Gasteiger partial charge in [-0.25, -0.2) is 0 Å². The van der Waals surface area contributed by atoms with Crippen molar-refractivity contribution >= 4 is 15.9 Å². The summed E-state index contributed by atoms with van der Waals surface area (Å²) in [6.07, 6.45) is 8.22. The Balaban J connectivity index is 2.14. The molecule has 0 saturated heterocycles. The maximum Gasteiger partial charge on any atom is 0.0207 e. The number of halogens is 1. The lowest BCUT2D eigenvalue weighted by Gasteiger charge is -2.01. The van der Waals surface area contributed by atoms with Gasteiger partial charge in [-0.1, -0.05) is 53.9 Å². The van der Waals surface area contributed by atoms with E-state index in [2.05, 4.69) is 59.0 Å². The van der Waals surface area contributed by atoms with E-state index in [1.165, 1.54) is 29.3 Å². The standard InChI is InChI=1S/C16H21Br/c1-2-3-4-5-6-7-8-9-12-15-13-10-11-14-16(15)17/h10-11,13-14H,2-5,8-9,12H2,1H3. The highest BCUT2D eigenvalue weighted by Crippen LogP contribution is 2.17. The first-order valence-electron chi connectivity index (χ1n) is 6.53. The van der Waals surface area contributed by atoms with E-state index in [9.17, 15) is 0 Å². The van der Waals surface area contributed by atoms with Crippen LogP contribution in [0.1, 0.15) is 51.0 Å². The van der Waals surface area contributed by atoms with Crippen molar-refractivity contribution in [2.45, 2.75) is 51.9 Å². The molecule has 0 saturated carbocycles. The Morgan fingerprint density at radius 1 is 1.00 bits per heavy atom. The highest BCUT2D eigenvalue weighted by molar-refractivity contribution is 9.10. The van der Waals surface area contributed by atoms with Crippen LogP contribution in [0.2, 0.25) is 0 Å². The molecule has 17 heavy (non-hydrogen) atoms. The molecule has 0 amide bonds. The molecule has 0 aliphatic heterocycles. The largest absolute Gasteiger partial charge is 0.103 e. The van der Waals surface area contributed by atoms with Gasteiger partial charge in [0.25, 0.3) is 0 Å². The van der Waals surface area contributed by atoms with Crippen LogP contribution in [-0.4, -0.2) is 0 Å². The first kappa shape index (κ1) is 14.3. The Kier molecular flexibility index (Phi) is 7.84. The number of rotatable bonds is 6. The molecule has 0 radical (unpaired) electrons. The molecule has 0 nitrogen and oxygen atoms in total. The lowest BCUT2D eigenvalue weighted by atomic mass is 10.1. The minimum atomic E-state index is 1.02. The summed E-state index contributed by atoms with van der Waals surface area (Å²) >= 11 is 3.57. The fourth-order valence-electron chi connectivity index (χ4n) is 1.71. The summed E-state index contributed by atoms with van der Waals surface area (Å²) in [7, 11) is 0. The van der Waals surface area contributed by atoms with Crippen molar-refractivity contribution in [3.8, 4) is 11.8 Å². The molecule has 1 aromatic carbocycles. The van der Waals surface area contributed by atoms with Crippen molar-refractivity contribution in [1.29, 1.82) is 0 Å². The van der Waals surface area contributed by atoms with Gasteiger partial charge in [-0.05, 0) is 30.9 Å². The Bertz CT molecular complexity index is 371. The third kappa shape index (κ3) is 6.54. The Morgan fingerprint density at radius 2 is 1.71 bits per heavy atom. The molecular weight excluding hydrogens is 272 g/mol. The minimum Gasteiger partial charge on any atom is -0.103 e. The zero-order chi connectivity index (χ0) is 12.3. The molecule has 1 heteroatoms. The predicted octanol–water partition coefficient (Wildman–Crippen LogP) is 5.36. The topological polar surface area (TPSA) is 0 Å². The third-order valence-electron chi connectivity index (χ3n) is 2.74. The smallest absolute Gasteiger partial charge is 0.0207 e. The zero-order valence-corrected chi connectivity index (χ0v) is 12.2. The summed E-state index contributed by atoms with van der Waals surface area (Å²) in [4.78, 5) is 0. The second kappa shape index (κ2) is 9.31. The molecule has 92 valence electrons. The highest BCUT2D eigenvalue weighted by Gasteiger charge is 1.96. The molecule has 0 spiro atoms. The van der Waals surface area contributed by atoms with Crippen molar-refractivity contribution in [2.24, 2.45) is 0 Å². The quantitative estimate of drug-likeness (QED) is 0.489. The summed E-state index contributed by atoms with van der Waals surface area (Å²) < 4.78 is 1.22. The molecule has 0 fully saturated rings. The van der Waals surface area contributed by atoms with E-state index in [1.54, 1.807) is 0 Å². The predicted molar refractivity (Wildman–Crippen MR) is 79.0 cm³/mol. The lowest BCUT2D eigenvalue weighted by molar-refractivity contribution is 0.736. The summed E-state index contributed by atoms with van der Waals surface area (Å²) in [5.74, 6) is 6.53. The van der Waals surface area contributed by atoms with Crippen LogP contribution in [0.4, 0.5) is 0 Å². The van der Waals surface area contributed by atoms with Crippen molar-refractivity contribution in [1.82, 2.24) is 0 Å². The van der Waals surface area contributed by atoms with Crippen LogP contribution in [0, 0.1) is 11.8 Å². The first-order chi connectivity index (χ1) is 8.34. The van der Waals surface area contributed by atoms with Crippen LogP contribution in [-0.2, 0) is 6.42 Å². The second-order valence-corrected chi connectivity index (χ2v) is 5.11. The first-order valence-corrected chi connectivity index (χ1v) is 7.33. The van der Waals surface area contributed by atoms with E-state index in [4.69, 9.17) is 0 Å². The van der Waals surface area contributed by atoms with Gasteiger partial charge in [0.2, 0.25) is 0 Å². The zero-order valence-electron chi connectivity index (χ0n) is 10.6. The van der Waals surface area contributed by atoms with E-state index < -0.39 is 0 Å². The van der Waals surface area contributed by atoms with E-state index in [1.807, 2.05) is 0 Å². The van der Waals surface area contributed by atoms with Crippen LogP contribution in [0.3, 0.4) is 0 Å². The van der Waals surface area contributed by atoms with Gasteiger partial charge in [-0.15, -0.1) is 11.8 Å². The maximum atomic E-state index is 3.57. The lowest BCUT2D eigenvalue weighted by Crippen LogP contribution is -1.85. The molecule has 0 heterocycles. The number of hydrogen-bond acceptors (Lipinski definition) is 0. The fourth-order valence-corrected chi connectivity index (χ4v) is 2.19. The number of benzene rings is 1. The monoisotopic (exact) mass is 292 g/mol. The SMILES string of the molecule is CCCCCC#CCCCc1ccccc1Br. The molecule has 0 N–H and O–H groups in total. The molecule has 0 bridgehead atoms. The van der Waals surface area contributed by atoms with Gasteiger partial charge in [0, 0.05) is 17.3 Å². The van der Waals surface area contributed by atoms with Gasteiger partial charge < -0.3 is 0 Å². The van der Waals surface area contributed by atoms with Crippen molar-refractivity contribution in [3.63, 3.8) is 0 Å². The molecule has 0 unspecified atom stereocenters. The van der Waals surface area contributed by atoms with Gasteiger partial charge in [-0.3, -0.25) is 0 Å². The molecule has 0 atom stereocenters.